The number of thioether (sulfide) groups is 1. The fourth-order valence-electron chi connectivity index (χ4n) is 4.17. The highest BCUT2D eigenvalue weighted by Crippen LogP contribution is 2.31. The number of halogens is 1. The summed E-state index contributed by atoms with van der Waals surface area (Å²) in [4.78, 5) is 18.2. The number of fused-ring (bicyclic) bond motifs is 1. The molecule has 0 aliphatic rings. The predicted octanol–water partition coefficient (Wildman–Crippen LogP) is 5.46. The van der Waals surface area contributed by atoms with E-state index in [1.165, 1.54) is 12.1 Å². The molecule has 37 heavy (non-hydrogen) atoms. The van der Waals surface area contributed by atoms with Crippen LogP contribution in [0.1, 0.15) is 17.0 Å². The van der Waals surface area contributed by atoms with Gasteiger partial charge < -0.3 is 19.6 Å². The summed E-state index contributed by atoms with van der Waals surface area (Å²) >= 11 is 1.16. The number of anilines is 1. The summed E-state index contributed by atoms with van der Waals surface area (Å²) in [5.74, 6) is -0.0979. The molecular formula is C28H26FN5O2S. The Morgan fingerprint density at radius 3 is 2.57 bits per heavy atom. The number of hydrogen-bond donors (Lipinski definition) is 2. The van der Waals surface area contributed by atoms with Gasteiger partial charge in [0, 0.05) is 54.9 Å². The number of amides is 1. The highest BCUT2D eigenvalue weighted by atomic mass is 32.2. The zero-order chi connectivity index (χ0) is 25.8. The topological polar surface area (TPSA) is 87.1 Å². The number of carbonyl (C=O) groups excluding carboxylic acids is 1. The van der Waals surface area contributed by atoms with Crippen LogP contribution >= 0.6 is 11.8 Å². The van der Waals surface area contributed by atoms with E-state index < -0.39 is 0 Å². The summed E-state index contributed by atoms with van der Waals surface area (Å²) < 4.78 is 18.8. The van der Waals surface area contributed by atoms with Crippen LogP contribution in [0.5, 0.6) is 0 Å². The van der Waals surface area contributed by atoms with Gasteiger partial charge in [0.05, 0.1) is 5.75 Å². The molecule has 188 valence electrons. The summed E-state index contributed by atoms with van der Waals surface area (Å²) in [5.41, 5.74) is 5.03. The van der Waals surface area contributed by atoms with Crippen molar-refractivity contribution in [3.05, 3.63) is 95.9 Å². The molecule has 0 saturated carbocycles. The minimum atomic E-state index is -0.339. The van der Waals surface area contributed by atoms with Crippen LogP contribution in [-0.4, -0.2) is 47.5 Å². The molecule has 5 rings (SSSR count). The number of aromatic nitrogens is 3. The number of nitrogens with one attached hydrogen (secondary N) is 2. The van der Waals surface area contributed by atoms with Gasteiger partial charge in [-0.1, -0.05) is 42.1 Å². The highest BCUT2D eigenvalue weighted by molar-refractivity contribution is 7.99. The van der Waals surface area contributed by atoms with Crippen molar-refractivity contribution in [2.75, 3.05) is 31.3 Å². The summed E-state index contributed by atoms with van der Waals surface area (Å²) in [7, 11) is 4.02. The standard InChI is InChI=1S/C28H26FN5O2S/c1-34(2)21-13-9-18(10-14-21)23(24-16-30-25-6-4-3-5-22(24)25)15-31-26(35)17-37-28-33-32-27(36-28)19-7-11-20(29)12-8-19/h3-14,16,23,30H,15,17H2,1-2H3,(H,31,35). The average Bonchev–Trinajstić information content (AvgIpc) is 3.56. The lowest BCUT2D eigenvalue weighted by Crippen LogP contribution is -2.30. The van der Waals surface area contributed by atoms with Crippen molar-refractivity contribution in [1.82, 2.24) is 20.5 Å². The molecule has 2 N–H and O–H groups in total. The van der Waals surface area contributed by atoms with Crippen LogP contribution in [0.2, 0.25) is 0 Å². The molecule has 0 saturated heterocycles. The van der Waals surface area contributed by atoms with E-state index in [1.54, 1.807) is 12.1 Å². The molecule has 9 heteroatoms. The third kappa shape index (κ3) is 5.67. The molecule has 3 aromatic carbocycles. The number of benzene rings is 3. The van der Waals surface area contributed by atoms with Crippen LogP contribution < -0.4 is 10.2 Å². The maximum Gasteiger partial charge on any atom is 0.277 e. The van der Waals surface area contributed by atoms with Crippen molar-refractivity contribution in [3.63, 3.8) is 0 Å². The molecule has 0 aliphatic carbocycles. The van der Waals surface area contributed by atoms with E-state index in [1.807, 2.05) is 38.5 Å². The van der Waals surface area contributed by atoms with Gasteiger partial charge in [0.15, 0.2) is 0 Å². The molecule has 0 fully saturated rings. The fourth-order valence-corrected chi connectivity index (χ4v) is 4.76. The van der Waals surface area contributed by atoms with Gasteiger partial charge in [0.2, 0.25) is 11.8 Å². The van der Waals surface area contributed by atoms with Gasteiger partial charge in [0.1, 0.15) is 5.82 Å². The third-order valence-corrected chi connectivity index (χ3v) is 6.95. The summed E-state index contributed by atoms with van der Waals surface area (Å²) in [6.07, 6.45) is 2.02. The highest BCUT2D eigenvalue weighted by Gasteiger charge is 2.20. The van der Waals surface area contributed by atoms with E-state index in [9.17, 15) is 9.18 Å². The van der Waals surface area contributed by atoms with E-state index in [2.05, 4.69) is 55.7 Å². The first-order chi connectivity index (χ1) is 18.0. The molecule has 2 aromatic heterocycles. The number of H-pyrrole nitrogens is 1. The van der Waals surface area contributed by atoms with Gasteiger partial charge in [-0.2, -0.15) is 0 Å². The molecule has 1 unspecified atom stereocenters. The summed E-state index contributed by atoms with van der Waals surface area (Å²) in [5, 5.41) is 12.5. The van der Waals surface area contributed by atoms with E-state index in [0.717, 1.165) is 39.5 Å². The van der Waals surface area contributed by atoms with Crippen molar-refractivity contribution >= 4 is 34.3 Å². The Morgan fingerprint density at radius 1 is 1.05 bits per heavy atom. The number of hydrogen-bond acceptors (Lipinski definition) is 6. The van der Waals surface area contributed by atoms with Crippen LogP contribution in [0, 0.1) is 5.82 Å². The minimum Gasteiger partial charge on any atom is -0.411 e. The van der Waals surface area contributed by atoms with Crippen molar-refractivity contribution < 1.29 is 13.6 Å². The Balaban J connectivity index is 1.27. The smallest absolute Gasteiger partial charge is 0.277 e. The molecule has 1 amide bonds. The molecule has 7 nitrogen and oxygen atoms in total. The molecule has 0 bridgehead atoms. The predicted molar refractivity (Wildman–Crippen MR) is 144 cm³/mol. The first-order valence-electron chi connectivity index (χ1n) is 11.8. The lowest BCUT2D eigenvalue weighted by atomic mass is 9.90. The van der Waals surface area contributed by atoms with Gasteiger partial charge in [-0.05, 0) is 53.6 Å². The van der Waals surface area contributed by atoms with Gasteiger partial charge in [0.25, 0.3) is 5.22 Å². The third-order valence-electron chi connectivity index (χ3n) is 6.14. The number of aromatic amines is 1. The average molecular weight is 516 g/mol. The Kier molecular flexibility index (Phi) is 7.23. The summed E-state index contributed by atoms with van der Waals surface area (Å²) in [6, 6.07) is 22.4. The maximum atomic E-state index is 13.2. The van der Waals surface area contributed by atoms with Crippen LogP contribution in [0.3, 0.4) is 0 Å². The Labute approximate surface area is 218 Å². The molecule has 0 spiro atoms. The normalized spacial score (nSPS) is 12.0. The van der Waals surface area contributed by atoms with Crippen LogP contribution in [0.4, 0.5) is 10.1 Å². The summed E-state index contributed by atoms with van der Waals surface area (Å²) in [6.45, 7) is 0.438. The Hall–Kier alpha value is -4.11. The van der Waals surface area contributed by atoms with Gasteiger partial charge in [-0.3, -0.25) is 4.79 Å². The molecule has 2 heterocycles. The number of rotatable bonds is 9. The zero-order valence-corrected chi connectivity index (χ0v) is 21.3. The second-order valence-electron chi connectivity index (χ2n) is 8.80. The molecule has 5 aromatic rings. The monoisotopic (exact) mass is 515 g/mol. The Bertz CT molecular complexity index is 1500. The zero-order valence-electron chi connectivity index (χ0n) is 20.4. The minimum absolute atomic E-state index is 0.0326. The number of para-hydroxylation sites is 1. The van der Waals surface area contributed by atoms with Crippen molar-refractivity contribution in [2.24, 2.45) is 0 Å². The van der Waals surface area contributed by atoms with Gasteiger partial charge in [-0.15, -0.1) is 10.2 Å². The molecular weight excluding hydrogens is 489 g/mol. The van der Waals surface area contributed by atoms with Crippen molar-refractivity contribution in [2.45, 2.75) is 11.1 Å². The molecule has 0 radical (unpaired) electrons. The molecule has 1 atom stereocenters. The quantitative estimate of drug-likeness (QED) is 0.254. The second-order valence-corrected chi connectivity index (χ2v) is 9.73. The number of carbonyl (C=O) groups is 1. The maximum absolute atomic E-state index is 13.2. The Morgan fingerprint density at radius 2 is 1.81 bits per heavy atom. The van der Waals surface area contributed by atoms with E-state index >= 15 is 0 Å². The van der Waals surface area contributed by atoms with E-state index in [-0.39, 0.29) is 34.5 Å². The van der Waals surface area contributed by atoms with Crippen LogP contribution in [-0.2, 0) is 4.79 Å². The van der Waals surface area contributed by atoms with Gasteiger partial charge >= 0.3 is 0 Å². The fraction of sp³-hybridized carbons (Fsp3) is 0.179. The first kappa shape index (κ1) is 24.6. The second kappa shape index (κ2) is 10.9. The van der Waals surface area contributed by atoms with Gasteiger partial charge in [-0.25, -0.2) is 4.39 Å². The van der Waals surface area contributed by atoms with Crippen molar-refractivity contribution in [3.8, 4) is 11.5 Å². The van der Waals surface area contributed by atoms with E-state index in [0.29, 0.717) is 12.1 Å². The largest absolute Gasteiger partial charge is 0.411 e. The van der Waals surface area contributed by atoms with Crippen LogP contribution in [0.15, 0.2) is 88.6 Å². The van der Waals surface area contributed by atoms with E-state index in [4.69, 9.17) is 4.42 Å². The number of nitrogens with zero attached hydrogens (tertiary/aromatic N) is 3. The SMILES string of the molecule is CN(C)c1ccc(C(CNC(=O)CSc2nnc(-c3ccc(F)cc3)o2)c2c[nH]c3ccccc23)cc1. The lowest BCUT2D eigenvalue weighted by Gasteiger charge is -2.20. The lowest BCUT2D eigenvalue weighted by molar-refractivity contribution is -0.118. The molecule has 0 aliphatic heterocycles. The first-order valence-corrected chi connectivity index (χ1v) is 12.8. The van der Waals surface area contributed by atoms with Crippen LogP contribution in [0.25, 0.3) is 22.4 Å². The van der Waals surface area contributed by atoms with Crippen molar-refractivity contribution in [1.29, 1.82) is 0 Å².